The Morgan fingerprint density at radius 1 is 1.08 bits per heavy atom. The summed E-state index contributed by atoms with van der Waals surface area (Å²) in [6.45, 7) is 5.53. The third kappa shape index (κ3) is 4.87. The second kappa shape index (κ2) is 10.4. The maximum atomic E-state index is 12.4. The topological polar surface area (TPSA) is 163 Å². The zero-order valence-electron chi connectivity index (χ0n) is 22.5. The van der Waals surface area contributed by atoms with Gasteiger partial charge in [0, 0.05) is 11.8 Å². The number of ketones is 1. The molecule has 0 radical (unpaired) electrons. The number of carbonyl (C=O) groups excluding carboxylic acids is 2. The van der Waals surface area contributed by atoms with E-state index in [0.717, 1.165) is 44.2 Å². The van der Waals surface area contributed by atoms with Crippen molar-refractivity contribution in [2.24, 2.45) is 33.7 Å². The molecule has 10 heteroatoms. The summed E-state index contributed by atoms with van der Waals surface area (Å²) in [5.41, 5.74) is 0.532. The van der Waals surface area contributed by atoms with Gasteiger partial charge in [-0.3, -0.25) is 14.4 Å². The monoisotopic (exact) mass is 532 g/mol. The van der Waals surface area contributed by atoms with Crippen molar-refractivity contribution < 1.29 is 39.3 Å². The molecule has 4 aliphatic carbocycles. The summed E-state index contributed by atoms with van der Waals surface area (Å²) in [5.74, 6) is -1.90. The molecule has 38 heavy (non-hydrogen) atoms. The molecular weight excluding hydrogens is 492 g/mol. The highest BCUT2D eigenvalue weighted by molar-refractivity contribution is 5.96. The van der Waals surface area contributed by atoms with Crippen LogP contribution in [0.25, 0.3) is 0 Å². The maximum absolute atomic E-state index is 12.4. The molecule has 0 aliphatic heterocycles. The van der Waals surface area contributed by atoms with Crippen molar-refractivity contribution in [3.05, 3.63) is 11.6 Å². The molecule has 4 aliphatic rings. The fourth-order valence-electron chi connectivity index (χ4n) is 8.17. The number of fused-ring (bicyclic) bond motifs is 5. The number of carboxylic acid groups (broad SMARTS) is 2. The third-order valence-corrected chi connectivity index (χ3v) is 10.4. The molecule has 0 aromatic heterocycles. The Kier molecular flexibility index (Phi) is 7.76. The summed E-state index contributed by atoms with van der Waals surface area (Å²) in [6, 6.07) is -1.30. The number of aliphatic carboxylic acids is 2. The lowest BCUT2D eigenvalue weighted by atomic mass is 9.46. The minimum Gasteiger partial charge on any atom is -0.481 e. The van der Waals surface area contributed by atoms with Crippen LogP contribution in [0.3, 0.4) is 0 Å². The number of aliphatic hydroxyl groups is 1. The van der Waals surface area contributed by atoms with Crippen molar-refractivity contribution in [2.45, 2.75) is 96.6 Å². The van der Waals surface area contributed by atoms with Crippen LogP contribution in [-0.2, 0) is 24.0 Å². The first kappa shape index (κ1) is 28.3. The first-order valence-corrected chi connectivity index (χ1v) is 13.7. The van der Waals surface area contributed by atoms with Crippen molar-refractivity contribution in [3.63, 3.8) is 0 Å². The predicted octanol–water partition coefficient (Wildman–Crippen LogP) is 3.08. The largest absolute Gasteiger partial charge is 0.481 e. The molecule has 0 aromatic rings. The number of hydrogen-bond acceptors (Lipinski definition) is 7. The third-order valence-electron chi connectivity index (χ3n) is 10.4. The van der Waals surface area contributed by atoms with Crippen molar-refractivity contribution >= 4 is 29.3 Å². The van der Waals surface area contributed by atoms with Gasteiger partial charge >= 0.3 is 11.9 Å². The van der Waals surface area contributed by atoms with Gasteiger partial charge in [-0.1, -0.05) is 24.6 Å². The Labute approximate surface area is 222 Å². The van der Waals surface area contributed by atoms with Crippen molar-refractivity contribution in [1.29, 1.82) is 0 Å². The molecule has 1 amide bonds. The van der Waals surface area contributed by atoms with Gasteiger partial charge < -0.3 is 25.5 Å². The fraction of sp³-hybridized carbons (Fsp3) is 0.750. The lowest BCUT2D eigenvalue weighted by Crippen LogP contribution is -2.57. The first-order valence-electron chi connectivity index (χ1n) is 13.7. The SMILES string of the molecule is CC(=O)[C@@]1(O)CC[C@H]2[C@@H]3CCC4=C/C(=N\OCC(=O)N[C@@H](CCC(=O)O)C(=O)O)CC[C@]4(C)[C@H]3CC[C@@]21C. The van der Waals surface area contributed by atoms with Gasteiger partial charge in [-0.15, -0.1) is 0 Å². The number of rotatable bonds is 9. The fourth-order valence-corrected chi connectivity index (χ4v) is 8.17. The molecule has 10 nitrogen and oxygen atoms in total. The Bertz CT molecular complexity index is 1070. The van der Waals surface area contributed by atoms with Gasteiger partial charge in [0.15, 0.2) is 12.4 Å². The Hall–Kier alpha value is -2.75. The van der Waals surface area contributed by atoms with Crippen LogP contribution in [0.5, 0.6) is 0 Å². The lowest BCUT2D eigenvalue weighted by molar-refractivity contribution is -0.159. The highest BCUT2D eigenvalue weighted by Crippen LogP contribution is 2.67. The van der Waals surface area contributed by atoms with E-state index in [0.29, 0.717) is 30.6 Å². The summed E-state index contributed by atoms with van der Waals surface area (Å²) in [4.78, 5) is 51.7. The first-order chi connectivity index (χ1) is 17.8. The number of allylic oxidation sites excluding steroid dienone is 2. The van der Waals surface area contributed by atoms with Gasteiger partial charge in [0.1, 0.15) is 11.6 Å². The molecule has 0 aromatic carbocycles. The summed E-state index contributed by atoms with van der Waals surface area (Å²) in [5, 5.41) is 35.7. The summed E-state index contributed by atoms with van der Waals surface area (Å²) in [7, 11) is 0. The van der Waals surface area contributed by atoms with Gasteiger partial charge in [0.2, 0.25) is 0 Å². The van der Waals surface area contributed by atoms with Crippen LogP contribution in [0, 0.1) is 28.6 Å². The average molecular weight is 533 g/mol. The number of hydrogen-bond donors (Lipinski definition) is 4. The lowest BCUT2D eigenvalue weighted by Gasteiger charge is -2.59. The van der Waals surface area contributed by atoms with Crippen LogP contribution in [0.15, 0.2) is 16.8 Å². The Morgan fingerprint density at radius 2 is 1.79 bits per heavy atom. The number of nitrogens with one attached hydrogen (secondary N) is 1. The second-order valence-electron chi connectivity index (χ2n) is 12.2. The smallest absolute Gasteiger partial charge is 0.326 e. The number of carbonyl (C=O) groups is 4. The van der Waals surface area contributed by atoms with Crippen LogP contribution in [0.1, 0.15) is 85.0 Å². The molecule has 7 atom stereocenters. The van der Waals surface area contributed by atoms with E-state index in [2.05, 4.69) is 30.4 Å². The summed E-state index contributed by atoms with van der Waals surface area (Å²) < 4.78 is 0. The van der Waals surface area contributed by atoms with Crippen LogP contribution < -0.4 is 5.32 Å². The van der Waals surface area contributed by atoms with E-state index in [9.17, 15) is 29.4 Å². The van der Waals surface area contributed by atoms with Gasteiger partial charge in [-0.25, -0.2) is 4.79 Å². The van der Waals surface area contributed by atoms with E-state index >= 15 is 0 Å². The average Bonchev–Trinajstić information content (AvgIpc) is 3.13. The number of nitrogens with zero attached hydrogens (tertiary/aromatic N) is 1. The van der Waals surface area contributed by atoms with Gasteiger partial charge in [-0.2, -0.15) is 0 Å². The van der Waals surface area contributed by atoms with E-state index in [-0.39, 0.29) is 29.5 Å². The molecule has 4 N–H and O–H groups in total. The van der Waals surface area contributed by atoms with E-state index in [1.165, 1.54) is 12.5 Å². The number of amides is 1. The highest BCUT2D eigenvalue weighted by Gasteiger charge is 2.65. The molecule has 4 rings (SSSR count). The molecular formula is C28H40N2O8. The zero-order chi connectivity index (χ0) is 27.9. The summed E-state index contributed by atoms with van der Waals surface area (Å²) >= 11 is 0. The number of Topliss-reactive ketones (excluding diaryl/α,β-unsaturated/α-hetero) is 1. The minimum atomic E-state index is -1.30. The molecule has 3 fully saturated rings. The molecule has 0 heterocycles. The van der Waals surface area contributed by atoms with Crippen molar-refractivity contribution in [3.8, 4) is 0 Å². The van der Waals surface area contributed by atoms with Gasteiger partial charge in [0.25, 0.3) is 5.91 Å². The Balaban J connectivity index is 1.38. The van der Waals surface area contributed by atoms with Crippen LogP contribution >= 0.6 is 0 Å². The second-order valence-corrected chi connectivity index (χ2v) is 12.2. The standard InChI is InChI=1S/C28H40N2O8/c1-16(31)28(37)13-10-21-19-5-4-17-14-18(8-11-26(17,2)20(19)9-12-27(21,28)3)30-38-15-23(32)29-22(25(35)36)6-7-24(33)34/h14,19-22,37H,4-13,15H2,1-3H3,(H,29,32)(H,33,34)(H,35,36)/b30-18-/t19-,20+,21+,22+,26+,27+,28+/m1/s1. The predicted molar refractivity (Wildman–Crippen MR) is 137 cm³/mol. The maximum Gasteiger partial charge on any atom is 0.326 e. The highest BCUT2D eigenvalue weighted by atomic mass is 16.6. The molecule has 0 saturated heterocycles. The number of carboxylic acids is 2. The van der Waals surface area contributed by atoms with Crippen LogP contribution in [0.4, 0.5) is 0 Å². The number of oxime groups is 1. The Morgan fingerprint density at radius 3 is 2.45 bits per heavy atom. The molecule has 0 bridgehead atoms. The van der Waals surface area contributed by atoms with E-state index in [4.69, 9.17) is 9.94 Å². The summed E-state index contributed by atoms with van der Waals surface area (Å²) in [6.07, 6.45) is 8.32. The van der Waals surface area contributed by atoms with E-state index in [1.807, 2.05) is 0 Å². The minimum absolute atomic E-state index is 0.0242. The van der Waals surface area contributed by atoms with E-state index < -0.39 is 36.1 Å². The normalized spacial score (nSPS) is 37.7. The van der Waals surface area contributed by atoms with Gasteiger partial charge in [-0.05, 0) is 94.0 Å². The van der Waals surface area contributed by atoms with E-state index in [1.54, 1.807) is 0 Å². The van der Waals surface area contributed by atoms with Crippen molar-refractivity contribution in [1.82, 2.24) is 5.32 Å². The van der Waals surface area contributed by atoms with Crippen LogP contribution in [-0.4, -0.2) is 62.9 Å². The van der Waals surface area contributed by atoms with Gasteiger partial charge in [0.05, 0.1) is 5.71 Å². The van der Waals surface area contributed by atoms with Crippen LogP contribution in [0.2, 0.25) is 0 Å². The quantitative estimate of drug-likeness (QED) is 0.329. The zero-order valence-corrected chi connectivity index (χ0v) is 22.5. The molecule has 0 spiro atoms. The molecule has 0 unspecified atom stereocenters. The molecule has 210 valence electrons. The van der Waals surface area contributed by atoms with Crippen molar-refractivity contribution in [2.75, 3.05) is 6.61 Å². The molecule has 3 saturated carbocycles.